The summed E-state index contributed by atoms with van der Waals surface area (Å²) in [5.41, 5.74) is 9.21. The number of ether oxygens (including phenoxy) is 4. The van der Waals surface area contributed by atoms with Crippen LogP contribution in [-0.4, -0.2) is 18.7 Å². The second kappa shape index (κ2) is 12.4. The number of rotatable bonds is 10. The Balaban J connectivity index is 1.55. The Morgan fingerprint density at radius 2 is 1.74 bits per heavy atom. The van der Waals surface area contributed by atoms with E-state index in [-0.39, 0.29) is 11.6 Å². The first-order valence-electron chi connectivity index (χ1n) is 13.2. The highest BCUT2D eigenvalue weighted by Gasteiger charge is 2.33. The lowest BCUT2D eigenvalue weighted by Gasteiger charge is -2.28. The zero-order chi connectivity index (χ0) is 27.9. The summed E-state index contributed by atoms with van der Waals surface area (Å²) in [5.74, 6) is 1.33. The highest BCUT2D eigenvalue weighted by atomic mass is 16.6. The van der Waals surface area contributed by atoms with Gasteiger partial charge in [0.2, 0.25) is 5.88 Å². The van der Waals surface area contributed by atoms with E-state index < -0.39 is 18.0 Å². The summed E-state index contributed by atoms with van der Waals surface area (Å²) in [5, 5.41) is 9.93. The number of hydrogen-bond donors (Lipinski definition) is 1. The molecule has 0 amide bonds. The van der Waals surface area contributed by atoms with Crippen molar-refractivity contribution in [2.24, 2.45) is 5.73 Å². The summed E-state index contributed by atoms with van der Waals surface area (Å²) in [6.07, 6.45) is 1.10. The van der Waals surface area contributed by atoms with Gasteiger partial charge in [-0.1, -0.05) is 63.6 Å². The van der Waals surface area contributed by atoms with Gasteiger partial charge in [0.15, 0.2) is 6.10 Å². The molecule has 1 aliphatic heterocycles. The van der Waals surface area contributed by atoms with Crippen molar-refractivity contribution in [3.05, 3.63) is 94.9 Å². The molecule has 0 fully saturated rings. The molecule has 202 valence electrons. The molecule has 0 spiro atoms. The van der Waals surface area contributed by atoms with E-state index in [1.54, 1.807) is 25.1 Å². The van der Waals surface area contributed by atoms with Crippen molar-refractivity contribution in [2.45, 2.75) is 58.5 Å². The standard InChI is InChI=1S/C32H34N2O5/c1-5-6-17-36-28-10-8-7-9-25(28)30-26-16-15-24(18-29(26)39-31(34)27(30)19-33)38-32(35)21(4)37-23-13-11-22(12-14-23)20(2)3/h7-16,18,20-21,30H,5-6,17,34H2,1-4H3. The average molecular weight is 527 g/mol. The molecule has 39 heavy (non-hydrogen) atoms. The minimum absolute atomic E-state index is 0.00313. The smallest absolute Gasteiger partial charge is 0.352 e. The van der Waals surface area contributed by atoms with E-state index in [2.05, 4.69) is 26.8 Å². The van der Waals surface area contributed by atoms with Crippen LogP contribution >= 0.6 is 0 Å². The Hall–Kier alpha value is -4.44. The number of nitrogens with zero attached hydrogens (tertiary/aromatic N) is 1. The molecule has 4 rings (SSSR count). The molecule has 2 atom stereocenters. The monoisotopic (exact) mass is 526 g/mol. The maximum atomic E-state index is 12.8. The maximum absolute atomic E-state index is 12.8. The fourth-order valence-electron chi connectivity index (χ4n) is 4.38. The van der Waals surface area contributed by atoms with Gasteiger partial charge in [-0.15, -0.1) is 0 Å². The second-order valence-corrected chi connectivity index (χ2v) is 9.77. The van der Waals surface area contributed by atoms with Crippen LogP contribution < -0.4 is 24.7 Å². The number of fused-ring (bicyclic) bond motifs is 1. The topological polar surface area (TPSA) is 104 Å². The quantitative estimate of drug-likeness (QED) is 0.181. The van der Waals surface area contributed by atoms with E-state index >= 15 is 0 Å². The molecular weight excluding hydrogens is 492 g/mol. The lowest BCUT2D eigenvalue weighted by Crippen LogP contribution is -2.28. The van der Waals surface area contributed by atoms with Crippen molar-refractivity contribution in [1.29, 1.82) is 5.26 Å². The summed E-state index contributed by atoms with van der Waals surface area (Å²) in [6, 6.07) is 22.5. The SMILES string of the molecule is CCCCOc1ccccc1C1C(C#N)=C(N)Oc2cc(OC(=O)C(C)Oc3ccc(C(C)C)cc3)ccc21. The van der Waals surface area contributed by atoms with Gasteiger partial charge < -0.3 is 24.7 Å². The molecule has 2 unspecified atom stereocenters. The molecule has 7 nitrogen and oxygen atoms in total. The van der Waals surface area contributed by atoms with Gasteiger partial charge >= 0.3 is 5.97 Å². The predicted octanol–water partition coefficient (Wildman–Crippen LogP) is 6.58. The first kappa shape index (κ1) is 27.6. The predicted molar refractivity (Wildman–Crippen MR) is 149 cm³/mol. The van der Waals surface area contributed by atoms with Crippen molar-refractivity contribution in [2.75, 3.05) is 6.61 Å². The van der Waals surface area contributed by atoms with Crippen molar-refractivity contribution < 1.29 is 23.7 Å². The number of nitriles is 1. The number of carbonyl (C=O) groups excluding carboxylic acids is 1. The van der Waals surface area contributed by atoms with Gasteiger partial charge in [-0.2, -0.15) is 5.26 Å². The summed E-state index contributed by atoms with van der Waals surface area (Å²) in [4.78, 5) is 12.8. The Kier molecular flexibility index (Phi) is 8.77. The molecule has 0 aliphatic carbocycles. The number of allylic oxidation sites excluding steroid dienone is 1. The third-order valence-electron chi connectivity index (χ3n) is 6.59. The molecule has 1 aliphatic rings. The molecule has 2 N–H and O–H groups in total. The van der Waals surface area contributed by atoms with Crippen molar-refractivity contribution >= 4 is 5.97 Å². The van der Waals surface area contributed by atoms with Gasteiger partial charge in [0.05, 0.1) is 12.5 Å². The molecule has 3 aromatic carbocycles. The van der Waals surface area contributed by atoms with Gasteiger partial charge in [-0.25, -0.2) is 4.79 Å². The van der Waals surface area contributed by atoms with E-state index in [1.807, 2.05) is 48.5 Å². The van der Waals surface area contributed by atoms with E-state index in [4.69, 9.17) is 24.7 Å². The van der Waals surface area contributed by atoms with E-state index in [0.29, 0.717) is 35.3 Å². The van der Waals surface area contributed by atoms with Crippen molar-refractivity contribution in [3.8, 4) is 29.1 Å². The molecule has 0 saturated heterocycles. The third-order valence-corrected chi connectivity index (χ3v) is 6.59. The second-order valence-electron chi connectivity index (χ2n) is 9.77. The fraction of sp³-hybridized carbons (Fsp3) is 0.312. The first-order valence-corrected chi connectivity index (χ1v) is 13.2. The zero-order valence-corrected chi connectivity index (χ0v) is 22.8. The van der Waals surface area contributed by atoms with Gasteiger partial charge in [0.25, 0.3) is 0 Å². The Morgan fingerprint density at radius 3 is 2.44 bits per heavy atom. The van der Waals surface area contributed by atoms with Crippen molar-refractivity contribution in [3.63, 3.8) is 0 Å². The highest BCUT2D eigenvalue weighted by Crippen LogP contribution is 2.46. The van der Waals surface area contributed by atoms with Crippen LogP contribution in [0.25, 0.3) is 0 Å². The molecule has 0 bridgehead atoms. The minimum atomic E-state index is -0.832. The lowest BCUT2D eigenvalue weighted by atomic mass is 9.83. The summed E-state index contributed by atoms with van der Waals surface area (Å²) < 4.78 is 23.2. The Labute approximate surface area is 229 Å². The molecule has 7 heteroatoms. The molecule has 3 aromatic rings. The van der Waals surface area contributed by atoms with Gasteiger partial charge in [-0.05, 0) is 49.1 Å². The Bertz CT molecular complexity index is 1390. The van der Waals surface area contributed by atoms with Crippen LogP contribution in [0.2, 0.25) is 0 Å². The number of carbonyl (C=O) groups is 1. The van der Waals surface area contributed by atoms with Crippen LogP contribution in [0.5, 0.6) is 23.0 Å². The zero-order valence-electron chi connectivity index (χ0n) is 22.8. The number of esters is 1. The normalized spacial score (nSPS) is 15.1. The van der Waals surface area contributed by atoms with Gasteiger partial charge in [0.1, 0.15) is 34.6 Å². The van der Waals surface area contributed by atoms with Crippen LogP contribution in [0, 0.1) is 11.3 Å². The number of nitrogens with two attached hydrogens (primary N) is 1. The van der Waals surface area contributed by atoms with Gasteiger partial charge in [-0.3, -0.25) is 0 Å². The third kappa shape index (κ3) is 6.35. The average Bonchev–Trinajstić information content (AvgIpc) is 2.93. The first-order chi connectivity index (χ1) is 18.8. The summed E-state index contributed by atoms with van der Waals surface area (Å²) in [7, 11) is 0. The fourth-order valence-corrected chi connectivity index (χ4v) is 4.38. The molecule has 0 radical (unpaired) electrons. The van der Waals surface area contributed by atoms with E-state index in [1.165, 1.54) is 5.56 Å². The van der Waals surface area contributed by atoms with Crippen LogP contribution in [0.1, 0.15) is 69.1 Å². The van der Waals surface area contributed by atoms with Crippen molar-refractivity contribution in [1.82, 2.24) is 0 Å². The summed E-state index contributed by atoms with van der Waals surface area (Å²) in [6.45, 7) is 8.54. The Morgan fingerprint density at radius 1 is 1.03 bits per heavy atom. The number of benzene rings is 3. The molecule has 0 aromatic heterocycles. The molecule has 0 saturated carbocycles. The largest absolute Gasteiger partial charge is 0.493 e. The maximum Gasteiger partial charge on any atom is 0.352 e. The van der Waals surface area contributed by atoms with Crippen LogP contribution in [0.4, 0.5) is 0 Å². The molecular formula is C32H34N2O5. The highest BCUT2D eigenvalue weighted by molar-refractivity contribution is 5.77. The van der Waals surface area contributed by atoms with E-state index in [9.17, 15) is 10.1 Å². The van der Waals surface area contributed by atoms with Gasteiger partial charge in [0, 0.05) is 17.2 Å². The number of unbranched alkanes of at least 4 members (excludes halogenated alkanes) is 1. The number of para-hydroxylation sites is 1. The van der Waals surface area contributed by atoms with Crippen LogP contribution in [0.15, 0.2) is 78.2 Å². The summed E-state index contributed by atoms with van der Waals surface area (Å²) >= 11 is 0. The minimum Gasteiger partial charge on any atom is -0.493 e. The van der Waals surface area contributed by atoms with Crippen LogP contribution in [0.3, 0.4) is 0 Å². The van der Waals surface area contributed by atoms with E-state index in [0.717, 1.165) is 24.0 Å². The lowest BCUT2D eigenvalue weighted by molar-refractivity contribution is -0.141. The molecule has 1 heterocycles. The van der Waals surface area contributed by atoms with Crippen LogP contribution in [-0.2, 0) is 4.79 Å². The number of hydrogen-bond acceptors (Lipinski definition) is 7.